The van der Waals surface area contributed by atoms with Gasteiger partial charge in [0, 0.05) is 12.6 Å². The number of aliphatic hydroxyl groups is 1. The number of fused-ring (bicyclic) bond motifs is 1. The SMILES string of the molecule is CN1[C@@H](c2ccccc2)[C@H](c2ccccc2)N(C)C1(O)N(Cc1ccccc1)C(/C=c1\ccc2c(c1)OC[O+]=2)C(=O)OC(C)(C)C. The van der Waals surface area contributed by atoms with Gasteiger partial charge in [-0.05, 0) is 75.0 Å². The maximum atomic E-state index is 14.3. The predicted molar refractivity (Wildman–Crippen MR) is 178 cm³/mol. The van der Waals surface area contributed by atoms with Gasteiger partial charge in [0.2, 0.25) is 11.7 Å². The number of hydrogen-bond donors (Lipinski definition) is 1. The molecule has 1 saturated heterocycles. The smallest absolute Gasteiger partial charge is 0.412 e. The highest BCUT2D eigenvalue weighted by Gasteiger charge is 2.59. The van der Waals surface area contributed by atoms with E-state index in [0.29, 0.717) is 11.2 Å². The van der Waals surface area contributed by atoms with Gasteiger partial charge in [0.05, 0.1) is 12.1 Å². The number of carbonyl (C=O) groups is 1. The van der Waals surface area contributed by atoms with E-state index in [2.05, 4.69) is 24.3 Å². The van der Waals surface area contributed by atoms with Gasteiger partial charge in [-0.25, -0.2) is 23.9 Å². The third kappa shape index (κ3) is 6.22. The van der Waals surface area contributed by atoms with Crippen molar-refractivity contribution in [3.8, 4) is 5.75 Å². The molecule has 0 bridgehead atoms. The Morgan fingerprint density at radius 1 is 0.935 bits per heavy atom. The lowest BCUT2D eigenvalue weighted by molar-refractivity contribution is -0.278. The molecule has 0 aromatic heterocycles. The molecule has 2 aliphatic rings. The molecule has 0 radical (unpaired) electrons. The van der Waals surface area contributed by atoms with E-state index in [1.54, 1.807) is 0 Å². The number of nitrogens with zero attached hydrogens (tertiary/aromatic N) is 3. The van der Waals surface area contributed by atoms with E-state index in [4.69, 9.17) is 13.9 Å². The highest BCUT2D eigenvalue weighted by molar-refractivity contribution is 5.83. The number of hydrogen-bond acceptors (Lipinski definition) is 7. The average molecular weight is 621 g/mol. The van der Waals surface area contributed by atoms with Crippen LogP contribution in [0.4, 0.5) is 0 Å². The molecule has 46 heavy (non-hydrogen) atoms. The van der Waals surface area contributed by atoms with Gasteiger partial charge in [-0.1, -0.05) is 91.0 Å². The van der Waals surface area contributed by atoms with Gasteiger partial charge in [0.15, 0.2) is 0 Å². The van der Waals surface area contributed by atoms with Crippen LogP contribution in [0, 0.1) is 0 Å². The standard InChI is InChI=1S/C38H42N3O5/c1-37(2,3)46-36(42)31(23-28-21-22-32-33(24-28)45-26-44-32)41(25-27-15-9-6-10-16-27)38(43)39(4)34(29-17-11-7-12-18-29)35(40(38)5)30-19-13-8-14-20-30/h6-24,31,34-35,43H,25-26H2,1-5H3/q+1/b28-23+/t31?,34-,35-/m0/s1. The lowest BCUT2D eigenvalue weighted by Crippen LogP contribution is -2.67. The summed E-state index contributed by atoms with van der Waals surface area (Å²) < 4.78 is 17.3. The maximum absolute atomic E-state index is 14.3. The zero-order valence-electron chi connectivity index (χ0n) is 27.0. The summed E-state index contributed by atoms with van der Waals surface area (Å²) in [5.74, 6) is -1.62. The van der Waals surface area contributed by atoms with Gasteiger partial charge in [-0.3, -0.25) is 0 Å². The molecule has 6 rings (SSSR count). The summed E-state index contributed by atoms with van der Waals surface area (Å²) in [5.41, 5.74) is 2.93. The lowest BCUT2D eigenvalue weighted by atomic mass is 9.93. The van der Waals surface area contributed by atoms with Gasteiger partial charge in [-0.2, -0.15) is 0 Å². The van der Waals surface area contributed by atoms with Gasteiger partial charge in [0.25, 0.3) is 0 Å². The zero-order chi connectivity index (χ0) is 32.5. The first-order chi connectivity index (χ1) is 22.1. The molecule has 4 aromatic rings. The maximum Gasteiger partial charge on any atom is 0.412 e. The van der Waals surface area contributed by atoms with Crippen LogP contribution >= 0.6 is 0 Å². The average Bonchev–Trinajstić information content (AvgIpc) is 3.60. The molecule has 4 aromatic carbocycles. The van der Waals surface area contributed by atoms with Crippen LogP contribution in [0.1, 0.15) is 49.5 Å². The summed E-state index contributed by atoms with van der Waals surface area (Å²) in [5, 5.41) is 14.0. The molecule has 1 unspecified atom stereocenters. The van der Waals surface area contributed by atoms with E-state index < -0.39 is 23.6 Å². The third-order valence-electron chi connectivity index (χ3n) is 8.67. The summed E-state index contributed by atoms with van der Waals surface area (Å²) in [7, 11) is 3.84. The number of benzene rings is 4. The molecule has 1 N–H and O–H groups in total. The van der Waals surface area contributed by atoms with Crippen LogP contribution in [0.3, 0.4) is 0 Å². The van der Waals surface area contributed by atoms with Crippen LogP contribution < -0.4 is 15.4 Å². The fourth-order valence-corrected chi connectivity index (χ4v) is 6.58. The summed E-state index contributed by atoms with van der Waals surface area (Å²) in [6, 6.07) is 34.3. The Labute approximate surface area is 270 Å². The minimum absolute atomic E-state index is 0.144. The number of rotatable bonds is 8. The van der Waals surface area contributed by atoms with Crippen molar-refractivity contribution in [3.05, 3.63) is 141 Å². The van der Waals surface area contributed by atoms with Gasteiger partial charge >= 0.3 is 18.2 Å². The fraction of sp³-hybridized carbons (Fsp3) is 0.316. The molecular formula is C38H42N3O5+. The van der Waals surface area contributed by atoms with Crippen molar-refractivity contribution in [2.45, 2.75) is 57.0 Å². The Hall–Kier alpha value is -4.34. The highest BCUT2D eigenvalue weighted by atomic mass is 16.6. The summed E-state index contributed by atoms with van der Waals surface area (Å²) in [6.07, 6.45) is 1.84. The Morgan fingerprint density at radius 2 is 1.48 bits per heavy atom. The molecule has 0 amide bonds. The zero-order valence-corrected chi connectivity index (χ0v) is 27.0. The lowest BCUT2D eigenvalue weighted by Gasteiger charge is -2.47. The molecular weight excluding hydrogens is 578 g/mol. The summed E-state index contributed by atoms with van der Waals surface area (Å²) in [4.78, 5) is 20.1. The van der Waals surface area contributed by atoms with Crippen LogP contribution in [0.25, 0.3) is 6.08 Å². The Morgan fingerprint density at radius 3 is 2.02 bits per heavy atom. The van der Waals surface area contributed by atoms with Crippen molar-refractivity contribution in [3.63, 3.8) is 0 Å². The number of esters is 1. The van der Waals surface area contributed by atoms with Crippen molar-refractivity contribution in [1.29, 1.82) is 0 Å². The van der Waals surface area contributed by atoms with Crippen molar-refractivity contribution < 1.29 is 19.4 Å². The first-order valence-electron chi connectivity index (χ1n) is 15.6. The van der Waals surface area contributed by atoms with E-state index in [9.17, 15) is 9.90 Å². The van der Waals surface area contributed by atoms with Crippen LogP contribution in [-0.4, -0.2) is 64.3 Å². The second kappa shape index (κ2) is 12.8. The van der Waals surface area contributed by atoms with E-state index >= 15 is 0 Å². The van der Waals surface area contributed by atoms with E-state index in [-0.39, 0.29) is 25.4 Å². The van der Waals surface area contributed by atoms with E-state index in [0.717, 1.165) is 21.9 Å². The van der Waals surface area contributed by atoms with Gasteiger partial charge < -0.3 is 14.6 Å². The normalized spacial score (nSPS) is 20.6. The van der Waals surface area contributed by atoms with E-state index in [1.807, 2.05) is 141 Å². The van der Waals surface area contributed by atoms with Gasteiger partial charge in [-0.15, -0.1) is 0 Å². The van der Waals surface area contributed by atoms with Crippen LogP contribution in [0.2, 0.25) is 0 Å². The molecule has 2 aliphatic heterocycles. The molecule has 8 nitrogen and oxygen atoms in total. The predicted octanol–water partition coefficient (Wildman–Crippen LogP) is 4.61. The molecule has 8 heteroatoms. The van der Waals surface area contributed by atoms with Crippen molar-refractivity contribution in [1.82, 2.24) is 14.7 Å². The third-order valence-corrected chi connectivity index (χ3v) is 8.67. The molecule has 0 aliphatic carbocycles. The number of ether oxygens (including phenoxy) is 2. The monoisotopic (exact) mass is 620 g/mol. The fourth-order valence-electron chi connectivity index (χ4n) is 6.58. The molecule has 238 valence electrons. The summed E-state index contributed by atoms with van der Waals surface area (Å²) in [6.45, 7) is 5.95. The second-order valence-corrected chi connectivity index (χ2v) is 12.9. The Kier molecular flexibility index (Phi) is 8.81. The first-order valence-corrected chi connectivity index (χ1v) is 15.6. The minimum atomic E-state index is -1.74. The molecule has 3 atom stereocenters. The van der Waals surface area contributed by atoms with Crippen molar-refractivity contribution in [2.75, 3.05) is 20.9 Å². The quantitative estimate of drug-likeness (QED) is 0.175. The largest absolute Gasteiger partial charge is 0.459 e. The summed E-state index contributed by atoms with van der Waals surface area (Å²) >= 11 is 0. The first kappa shape index (κ1) is 31.6. The Balaban J connectivity index is 1.55. The highest BCUT2D eigenvalue weighted by Crippen LogP contribution is 2.51. The van der Waals surface area contributed by atoms with Crippen molar-refractivity contribution in [2.24, 2.45) is 0 Å². The second-order valence-electron chi connectivity index (χ2n) is 12.9. The van der Waals surface area contributed by atoms with E-state index in [1.165, 1.54) is 0 Å². The molecule has 0 spiro atoms. The molecule has 1 fully saturated rings. The van der Waals surface area contributed by atoms with Crippen LogP contribution in [-0.2, 0) is 16.1 Å². The van der Waals surface area contributed by atoms with Crippen LogP contribution in [0.15, 0.2) is 114 Å². The van der Waals surface area contributed by atoms with Gasteiger partial charge in [0.1, 0.15) is 11.6 Å². The topological polar surface area (TPSA) is 76.8 Å². The molecule has 0 saturated carbocycles. The number of likely N-dealkylation sites (N-methyl/N-ethyl adjacent to an activating group) is 2. The molecule has 2 heterocycles. The van der Waals surface area contributed by atoms with Crippen LogP contribution in [0.5, 0.6) is 5.75 Å². The minimum Gasteiger partial charge on any atom is -0.459 e. The Bertz CT molecular complexity index is 1720. The number of carbonyl (C=O) groups excluding carboxylic acids is 1. The van der Waals surface area contributed by atoms with Crippen molar-refractivity contribution >= 4 is 12.0 Å².